The molecule has 2 rings (SSSR count). The van der Waals surface area contributed by atoms with Gasteiger partial charge in [0.2, 0.25) is 0 Å². The number of hydrogen-bond donors (Lipinski definition) is 1. The minimum Gasteiger partial charge on any atom is -0.434 e. The Balaban J connectivity index is 2.02. The lowest BCUT2D eigenvalue weighted by Gasteiger charge is -2.17. The zero-order valence-corrected chi connectivity index (χ0v) is 11.7. The van der Waals surface area contributed by atoms with E-state index in [-0.39, 0.29) is 11.8 Å². The van der Waals surface area contributed by atoms with Gasteiger partial charge < -0.3 is 10.1 Å². The first-order valence-corrected chi connectivity index (χ1v) is 6.53. The third kappa shape index (κ3) is 4.13. The van der Waals surface area contributed by atoms with Crippen LogP contribution in [0.3, 0.4) is 0 Å². The molecule has 0 amide bonds. The Labute approximate surface area is 122 Å². The maximum atomic E-state index is 12.4. The van der Waals surface area contributed by atoms with Gasteiger partial charge in [-0.3, -0.25) is 0 Å². The van der Waals surface area contributed by atoms with Crippen molar-refractivity contribution in [2.75, 3.05) is 0 Å². The van der Waals surface area contributed by atoms with Crippen molar-refractivity contribution in [1.29, 1.82) is 0 Å². The molecule has 1 aromatic heterocycles. The Hall–Kier alpha value is -2.21. The van der Waals surface area contributed by atoms with Gasteiger partial charge in [-0.1, -0.05) is 24.8 Å². The molecule has 0 radical (unpaired) electrons. The van der Waals surface area contributed by atoms with Crippen LogP contribution in [0.5, 0.6) is 5.75 Å². The van der Waals surface area contributed by atoms with E-state index in [0.717, 1.165) is 5.56 Å². The topological polar surface area (TPSA) is 39.1 Å². The highest BCUT2D eigenvalue weighted by molar-refractivity contribution is 5.35. The molecule has 0 aliphatic rings. The van der Waals surface area contributed by atoms with E-state index in [4.69, 9.17) is 0 Å². The molecule has 0 spiro atoms. The predicted octanol–water partition coefficient (Wildman–Crippen LogP) is 3.44. The van der Waals surface area contributed by atoms with E-state index in [0.29, 0.717) is 12.1 Å². The standard InChI is InChI=1S/C15H17F2N3O/c1-3-20-10-12(9-19-20)8-18-11(2)13-6-4-5-7-14(13)21-15(16)17/h3-7,9-11,15,18H,1,8H2,2H3. The molecule has 1 heterocycles. The molecule has 1 unspecified atom stereocenters. The van der Waals surface area contributed by atoms with Crippen LogP contribution in [0.2, 0.25) is 0 Å². The normalized spacial score (nSPS) is 12.4. The summed E-state index contributed by atoms with van der Waals surface area (Å²) < 4.78 is 30.9. The van der Waals surface area contributed by atoms with E-state index >= 15 is 0 Å². The first kappa shape index (κ1) is 15.2. The molecule has 0 fully saturated rings. The number of halogens is 2. The number of para-hydroxylation sites is 1. The Morgan fingerprint density at radius 1 is 1.43 bits per heavy atom. The van der Waals surface area contributed by atoms with Crippen molar-refractivity contribution < 1.29 is 13.5 Å². The molecular weight excluding hydrogens is 276 g/mol. The molecule has 1 N–H and O–H groups in total. The lowest BCUT2D eigenvalue weighted by Crippen LogP contribution is -2.19. The van der Waals surface area contributed by atoms with Crippen molar-refractivity contribution in [3.63, 3.8) is 0 Å². The number of nitrogens with one attached hydrogen (secondary N) is 1. The van der Waals surface area contributed by atoms with Crippen LogP contribution >= 0.6 is 0 Å². The first-order valence-electron chi connectivity index (χ1n) is 6.53. The lowest BCUT2D eigenvalue weighted by molar-refractivity contribution is -0.0506. The first-order chi connectivity index (χ1) is 10.1. The fourth-order valence-corrected chi connectivity index (χ4v) is 1.99. The number of benzene rings is 1. The maximum Gasteiger partial charge on any atom is 0.387 e. The van der Waals surface area contributed by atoms with Crippen LogP contribution in [0.1, 0.15) is 24.1 Å². The highest BCUT2D eigenvalue weighted by Gasteiger charge is 2.14. The quantitative estimate of drug-likeness (QED) is 0.850. The second kappa shape index (κ2) is 6.99. The number of alkyl halides is 2. The summed E-state index contributed by atoms with van der Waals surface area (Å²) in [4.78, 5) is 0. The monoisotopic (exact) mass is 293 g/mol. The second-order valence-corrected chi connectivity index (χ2v) is 4.53. The zero-order valence-electron chi connectivity index (χ0n) is 11.7. The van der Waals surface area contributed by atoms with Gasteiger partial charge in [-0.2, -0.15) is 13.9 Å². The molecule has 0 bridgehead atoms. The van der Waals surface area contributed by atoms with Gasteiger partial charge in [-0.25, -0.2) is 4.68 Å². The van der Waals surface area contributed by atoms with E-state index in [1.165, 1.54) is 6.07 Å². The number of aromatic nitrogens is 2. The highest BCUT2D eigenvalue weighted by Crippen LogP contribution is 2.26. The van der Waals surface area contributed by atoms with E-state index in [2.05, 4.69) is 21.7 Å². The molecule has 0 saturated carbocycles. The molecule has 1 aromatic carbocycles. The van der Waals surface area contributed by atoms with Crippen LogP contribution in [0.15, 0.2) is 43.2 Å². The Morgan fingerprint density at radius 3 is 2.86 bits per heavy atom. The van der Waals surface area contributed by atoms with Gasteiger partial charge in [-0.15, -0.1) is 0 Å². The van der Waals surface area contributed by atoms with Crippen LogP contribution in [-0.2, 0) is 6.54 Å². The molecule has 0 saturated heterocycles. The van der Waals surface area contributed by atoms with Gasteiger partial charge in [0.1, 0.15) is 5.75 Å². The van der Waals surface area contributed by atoms with Gasteiger partial charge in [0.15, 0.2) is 0 Å². The Kier molecular flexibility index (Phi) is 5.05. The van der Waals surface area contributed by atoms with Gasteiger partial charge in [0.25, 0.3) is 0 Å². The number of nitrogens with zero attached hydrogens (tertiary/aromatic N) is 2. The molecule has 0 aliphatic carbocycles. The van der Waals surface area contributed by atoms with Crippen LogP contribution in [0, 0.1) is 0 Å². The predicted molar refractivity (Wildman–Crippen MR) is 76.9 cm³/mol. The van der Waals surface area contributed by atoms with E-state index < -0.39 is 6.61 Å². The second-order valence-electron chi connectivity index (χ2n) is 4.53. The summed E-state index contributed by atoms with van der Waals surface area (Å²) in [6.07, 6.45) is 5.16. The summed E-state index contributed by atoms with van der Waals surface area (Å²) in [5, 5.41) is 7.33. The lowest BCUT2D eigenvalue weighted by atomic mass is 10.1. The van der Waals surface area contributed by atoms with Crippen molar-refractivity contribution in [3.05, 3.63) is 54.4 Å². The summed E-state index contributed by atoms with van der Waals surface area (Å²) in [5.41, 5.74) is 1.67. The Morgan fingerprint density at radius 2 is 2.19 bits per heavy atom. The smallest absolute Gasteiger partial charge is 0.387 e. The number of hydrogen-bond acceptors (Lipinski definition) is 3. The molecule has 2 aromatic rings. The van der Waals surface area contributed by atoms with Crippen molar-refractivity contribution in [1.82, 2.24) is 15.1 Å². The van der Waals surface area contributed by atoms with Crippen molar-refractivity contribution in [2.45, 2.75) is 26.1 Å². The minimum atomic E-state index is -2.83. The third-order valence-corrected chi connectivity index (χ3v) is 3.06. The summed E-state index contributed by atoms with van der Waals surface area (Å²) in [6.45, 7) is 3.25. The van der Waals surface area contributed by atoms with Gasteiger partial charge in [-0.05, 0) is 13.0 Å². The fraction of sp³-hybridized carbons (Fsp3) is 0.267. The molecule has 112 valence electrons. The SMILES string of the molecule is C=Cn1cc(CNC(C)c2ccccc2OC(F)F)cn1. The van der Waals surface area contributed by atoms with Crippen molar-refractivity contribution in [2.24, 2.45) is 0 Å². The molecular formula is C15H17F2N3O. The van der Waals surface area contributed by atoms with Crippen molar-refractivity contribution >= 4 is 6.20 Å². The number of rotatable bonds is 7. The van der Waals surface area contributed by atoms with E-state index in [1.54, 1.807) is 35.3 Å². The number of ether oxygens (including phenoxy) is 1. The van der Waals surface area contributed by atoms with Crippen LogP contribution in [-0.4, -0.2) is 16.4 Å². The summed E-state index contributed by atoms with van der Waals surface area (Å²) in [6, 6.07) is 6.63. The average molecular weight is 293 g/mol. The minimum absolute atomic E-state index is 0.132. The summed E-state index contributed by atoms with van der Waals surface area (Å²) >= 11 is 0. The summed E-state index contributed by atoms with van der Waals surface area (Å²) in [7, 11) is 0. The van der Waals surface area contributed by atoms with Gasteiger partial charge in [0, 0.05) is 36.1 Å². The molecule has 21 heavy (non-hydrogen) atoms. The molecule has 1 atom stereocenters. The maximum absolute atomic E-state index is 12.4. The van der Waals surface area contributed by atoms with E-state index in [1.807, 2.05) is 13.1 Å². The van der Waals surface area contributed by atoms with Crippen LogP contribution in [0.25, 0.3) is 6.20 Å². The average Bonchev–Trinajstić information content (AvgIpc) is 2.93. The summed E-state index contributed by atoms with van der Waals surface area (Å²) in [5.74, 6) is 0.189. The molecule has 6 heteroatoms. The van der Waals surface area contributed by atoms with Gasteiger partial charge in [0.05, 0.1) is 6.20 Å². The Bertz CT molecular complexity index is 598. The highest BCUT2D eigenvalue weighted by atomic mass is 19.3. The third-order valence-electron chi connectivity index (χ3n) is 3.06. The molecule has 0 aliphatic heterocycles. The van der Waals surface area contributed by atoms with Crippen molar-refractivity contribution in [3.8, 4) is 5.75 Å². The van der Waals surface area contributed by atoms with Gasteiger partial charge >= 0.3 is 6.61 Å². The zero-order chi connectivity index (χ0) is 15.2. The molecule has 4 nitrogen and oxygen atoms in total. The van der Waals surface area contributed by atoms with Crippen LogP contribution in [0.4, 0.5) is 8.78 Å². The largest absolute Gasteiger partial charge is 0.434 e. The van der Waals surface area contributed by atoms with E-state index in [9.17, 15) is 8.78 Å². The van der Waals surface area contributed by atoms with Crippen LogP contribution < -0.4 is 10.1 Å². The fourth-order valence-electron chi connectivity index (χ4n) is 1.99.